The summed E-state index contributed by atoms with van der Waals surface area (Å²) in [6.07, 6.45) is 1.70. The number of esters is 1. The number of carbonyl (C=O) groups excluding carboxylic acids is 1. The fourth-order valence-electron chi connectivity index (χ4n) is 2.77. The zero-order chi connectivity index (χ0) is 19.4. The van der Waals surface area contributed by atoms with Crippen LogP contribution in [0.3, 0.4) is 0 Å². The first-order chi connectivity index (χ1) is 13.0. The van der Waals surface area contributed by atoms with E-state index in [1.165, 1.54) is 11.3 Å². The van der Waals surface area contributed by atoms with Crippen LogP contribution in [0.15, 0.2) is 18.3 Å². The average Bonchev–Trinajstić information content (AvgIpc) is 2.98. The Morgan fingerprint density at radius 1 is 1.22 bits per heavy atom. The van der Waals surface area contributed by atoms with Crippen LogP contribution in [0, 0.1) is 13.8 Å². The Morgan fingerprint density at radius 3 is 2.78 bits per heavy atom. The summed E-state index contributed by atoms with van der Waals surface area (Å²) in [4.78, 5) is 26.8. The molecule has 0 unspecified atom stereocenters. The highest BCUT2D eigenvalue weighted by molar-refractivity contribution is 7.20. The van der Waals surface area contributed by atoms with Gasteiger partial charge in [0, 0.05) is 18.3 Å². The van der Waals surface area contributed by atoms with Crippen molar-refractivity contribution in [3.8, 4) is 5.88 Å². The fraction of sp³-hybridized carbons (Fsp3) is 0.368. The molecule has 7 nitrogen and oxygen atoms in total. The molecule has 0 saturated heterocycles. The Kier molecular flexibility index (Phi) is 5.85. The smallest absolute Gasteiger partial charge is 0.348 e. The lowest BCUT2D eigenvalue weighted by molar-refractivity contribution is 0.0531. The molecule has 0 aliphatic rings. The van der Waals surface area contributed by atoms with E-state index in [4.69, 9.17) is 9.47 Å². The maximum atomic E-state index is 12.2. The maximum absolute atomic E-state index is 12.2. The van der Waals surface area contributed by atoms with Gasteiger partial charge in [0.05, 0.1) is 18.6 Å². The third kappa shape index (κ3) is 4.00. The highest BCUT2D eigenvalue weighted by Crippen LogP contribution is 2.34. The van der Waals surface area contributed by atoms with E-state index in [0.29, 0.717) is 42.2 Å². The number of ether oxygens (including phenoxy) is 2. The van der Waals surface area contributed by atoms with E-state index < -0.39 is 0 Å². The molecular formula is C19H22N4O3S. The minimum absolute atomic E-state index is 0.326. The standard InChI is InChI=1S/C19H22N4O3S/c1-5-25-17-13(8-7-9-20-17)10-21-16-14-11(3)15(19(24)26-6-2)27-18(14)23-12(4)22-16/h7-9H,5-6,10H2,1-4H3,(H,21,22,23). The molecule has 0 spiro atoms. The second kappa shape index (κ2) is 8.30. The summed E-state index contributed by atoms with van der Waals surface area (Å²) >= 11 is 1.33. The van der Waals surface area contributed by atoms with Crippen LogP contribution in [-0.2, 0) is 11.3 Å². The van der Waals surface area contributed by atoms with Gasteiger partial charge in [0.25, 0.3) is 0 Å². The SMILES string of the molecule is CCOC(=O)c1sc2nc(C)nc(NCc3cccnc3OCC)c2c1C. The quantitative estimate of drug-likeness (QED) is 0.616. The molecule has 0 aromatic carbocycles. The summed E-state index contributed by atoms with van der Waals surface area (Å²) in [5.41, 5.74) is 1.76. The van der Waals surface area contributed by atoms with E-state index in [1.807, 2.05) is 32.9 Å². The Hall–Kier alpha value is -2.74. The highest BCUT2D eigenvalue weighted by Gasteiger charge is 2.21. The Labute approximate surface area is 161 Å². The molecule has 142 valence electrons. The minimum Gasteiger partial charge on any atom is -0.478 e. The molecule has 3 heterocycles. The zero-order valence-electron chi connectivity index (χ0n) is 15.8. The van der Waals surface area contributed by atoms with Crippen LogP contribution in [0.1, 0.15) is 40.5 Å². The van der Waals surface area contributed by atoms with Crippen molar-refractivity contribution in [1.29, 1.82) is 0 Å². The number of aryl methyl sites for hydroxylation is 2. The van der Waals surface area contributed by atoms with Crippen molar-refractivity contribution >= 4 is 33.3 Å². The lowest BCUT2D eigenvalue weighted by Gasteiger charge is -2.11. The molecule has 3 rings (SSSR count). The molecule has 1 N–H and O–H groups in total. The van der Waals surface area contributed by atoms with Crippen LogP contribution < -0.4 is 10.1 Å². The Bertz CT molecular complexity index is 971. The van der Waals surface area contributed by atoms with Crippen LogP contribution in [0.4, 0.5) is 5.82 Å². The third-order valence-corrected chi connectivity index (χ3v) is 5.11. The fourth-order valence-corrected chi connectivity index (χ4v) is 3.89. The molecule has 0 aliphatic heterocycles. The number of fused-ring (bicyclic) bond motifs is 1. The number of carbonyl (C=O) groups is 1. The van der Waals surface area contributed by atoms with Gasteiger partial charge in [-0.2, -0.15) is 0 Å². The van der Waals surface area contributed by atoms with Crippen molar-refractivity contribution < 1.29 is 14.3 Å². The average molecular weight is 386 g/mol. The predicted octanol–water partition coefficient (Wildman–Crippen LogP) is 3.89. The number of anilines is 1. The summed E-state index contributed by atoms with van der Waals surface area (Å²) in [5, 5.41) is 4.20. The summed E-state index contributed by atoms with van der Waals surface area (Å²) in [5.74, 6) is 1.60. The van der Waals surface area contributed by atoms with Gasteiger partial charge in [-0.05, 0) is 39.3 Å². The molecule has 0 aliphatic carbocycles. The van der Waals surface area contributed by atoms with Gasteiger partial charge < -0.3 is 14.8 Å². The van der Waals surface area contributed by atoms with Gasteiger partial charge in [0.1, 0.15) is 21.3 Å². The van der Waals surface area contributed by atoms with E-state index in [2.05, 4.69) is 20.3 Å². The van der Waals surface area contributed by atoms with Gasteiger partial charge in [0.2, 0.25) is 5.88 Å². The monoisotopic (exact) mass is 386 g/mol. The van der Waals surface area contributed by atoms with E-state index in [1.54, 1.807) is 13.1 Å². The van der Waals surface area contributed by atoms with Crippen molar-refractivity contribution in [2.75, 3.05) is 18.5 Å². The summed E-state index contributed by atoms with van der Waals surface area (Å²) in [6, 6.07) is 3.83. The van der Waals surface area contributed by atoms with Gasteiger partial charge >= 0.3 is 5.97 Å². The third-order valence-electron chi connectivity index (χ3n) is 3.94. The van der Waals surface area contributed by atoms with Gasteiger partial charge in [-0.15, -0.1) is 11.3 Å². The van der Waals surface area contributed by atoms with Crippen LogP contribution in [0.5, 0.6) is 5.88 Å². The highest BCUT2D eigenvalue weighted by atomic mass is 32.1. The zero-order valence-corrected chi connectivity index (χ0v) is 16.6. The maximum Gasteiger partial charge on any atom is 0.348 e. The van der Waals surface area contributed by atoms with Gasteiger partial charge in [0.15, 0.2) is 0 Å². The number of nitrogens with zero attached hydrogens (tertiary/aromatic N) is 3. The molecule has 0 amide bonds. The molecule has 0 fully saturated rings. The van der Waals surface area contributed by atoms with Crippen molar-refractivity contribution in [2.24, 2.45) is 0 Å². The van der Waals surface area contributed by atoms with Crippen LogP contribution in [0.2, 0.25) is 0 Å². The van der Waals surface area contributed by atoms with Crippen molar-refractivity contribution in [3.05, 3.63) is 40.2 Å². The normalized spacial score (nSPS) is 10.8. The largest absolute Gasteiger partial charge is 0.478 e. The molecule has 0 radical (unpaired) electrons. The Balaban J connectivity index is 1.96. The van der Waals surface area contributed by atoms with Crippen molar-refractivity contribution in [3.63, 3.8) is 0 Å². The predicted molar refractivity (Wildman–Crippen MR) is 106 cm³/mol. The number of thiophene rings is 1. The van der Waals surface area contributed by atoms with Gasteiger partial charge in [-0.25, -0.2) is 19.7 Å². The van der Waals surface area contributed by atoms with E-state index in [0.717, 1.165) is 21.3 Å². The first-order valence-electron chi connectivity index (χ1n) is 8.80. The number of hydrogen-bond donors (Lipinski definition) is 1. The minimum atomic E-state index is -0.326. The number of aromatic nitrogens is 3. The first kappa shape index (κ1) is 19.0. The molecule has 0 bridgehead atoms. The number of pyridine rings is 1. The molecule has 27 heavy (non-hydrogen) atoms. The van der Waals surface area contributed by atoms with Crippen molar-refractivity contribution in [1.82, 2.24) is 15.0 Å². The van der Waals surface area contributed by atoms with Crippen molar-refractivity contribution in [2.45, 2.75) is 34.2 Å². The van der Waals surface area contributed by atoms with Gasteiger partial charge in [-0.1, -0.05) is 6.07 Å². The number of nitrogens with one attached hydrogen (secondary N) is 1. The van der Waals surface area contributed by atoms with E-state index >= 15 is 0 Å². The number of rotatable bonds is 7. The molecular weight excluding hydrogens is 364 g/mol. The van der Waals surface area contributed by atoms with Crippen LogP contribution in [-0.4, -0.2) is 34.1 Å². The second-order valence-electron chi connectivity index (χ2n) is 5.83. The van der Waals surface area contributed by atoms with E-state index in [-0.39, 0.29) is 5.97 Å². The molecule has 8 heteroatoms. The lowest BCUT2D eigenvalue weighted by atomic mass is 10.2. The molecule has 3 aromatic heterocycles. The first-order valence-corrected chi connectivity index (χ1v) is 9.62. The lowest BCUT2D eigenvalue weighted by Crippen LogP contribution is -2.07. The molecule has 3 aromatic rings. The number of hydrogen-bond acceptors (Lipinski definition) is 8. The molecule has 0 saturated carbocycles. The topological polar surface area (TPSA) is 86.2 Å². The summed E-state index contributed by atoms with van der Waals surface area (Å²) < 4.78 is 10.7. The van der Waals surface area contributed by atoms with Gasteiger partial charge in [-0.3, -0.25) is 0 Å². The van der Waals surface area contributed by atoms with E-state index in [9.17, 15) is 4.79 Å². The van der Waals surface area contributed by atoms with Crippen LogP contribution >= 0.6 is 11.3 Å². The summed E-state index contributed by atoms with van der Waals surface area (Å²) in [7, 11) is 0. The summed E-state index contributed by atoms with van der Waals surface area (Å²) in [6.45, 7) is 8.83. The van der Waals surface area contributed by atoms with Crippen LogP contribution in [0.25, 0.3) is 10.2 Å². The Morgan fingerprint density at radius 2 is 2.04 bits per heavy atom. The molecule has 0 atom stereocenters. The second-order valence-corrected chi connectivity index (χ2v) is 6.83.